The van der Waals surface area contributed by atoms with Crippen molar-refractivity contribution in [1.82, 2.24) is 9.88 Å². The number of para-hydroxylation sites is 1. The molecule has 0 fully saturated rings. The van der Waals surface area contributed by atoms with Crippen molar-refractivity contribution >= 4 is 34.5 Å². The van der Waals surface area contributed by atoms with Crippen molar-refractivity contribution in [3.63, 3.8) is 0 Å². The van der Waals surface area contributed by atoms with Gasteiger partial charge in [-0.15, -0.1) is 0 Å². The van der Waals surface area contributed by atoms with Crippen LogP contribution >= 0.6 is 11.6 Å². The van der Waals surface area contributed by atoms with Gasteiger partial charge in [0.25, 0.3) is 5.91 Å². The molecule has 0 spiro atoms. The van der Waals surface area contributed by atoms with Crippen LogP contribution in [0.4, 0.5) is 0 Å². The molecular formula is C28H24ClN3O3. The third kappa shape index (κ3) is 5.32. The third-order valence-corrected chi connectivity index (χ3v) is 6.09. The summed E-state index contributed by atoms with van der Waals surface area (Å²) in [4.78, 5) is 12.9. The Kier molecular flexibility index (Phi) is 7.39. The number of hydrogen-bond acceptors (Lipinski definition) is 4. The van der Waals surface area contributed by atoms with Crippen LogP contribution in [0.1, 0.15) is 16.7 Å². The van der Waals surface area contributed by atoms with Gasteiger partial charge in [-0.05, 0) is 35.9 Å². The summed E-state index contributed by atoms with van der Waals surface area (Å²) in [5, 5.41) is 14.2. The lowest BCUT2D eigenvalue weighted by molar-refractivity contribution is -0.117. The monoisotopic (exact) mass is 485 g/mol. The topological polar surface area (TPSA) is 76.3 Å². The molecule has 35 heavy (non-hydrogen) atoms. The van der Waals surface area contributed by atoms with Crippen molar-refractivity contribution in [3.8, 4) is 17.6 Å². The predicted octanol–water partition coefficient (Wildman–Crippen LogP) is 5.58. The van der Waals surface area contributed by atoms with E-state index in [1.165, 1.54) is 0 Å². The average molecular weight is 486 g/mol. The van der Waals surface area contributed by atoms with Gasteiger partial charge in [-0.3, -0.25) is 4.79 Å². The fourth-order valence-corrected chi connectivity index (χ4v) is 4.10. The van der Waals surface area contributed by atoms with E-state index >= 15 is 0 Å². The number of benzene rings is 3. The fourth-order valence-electron chi connectivity index (χ4n) is 3.90. The summed E-state index contributed by atoms with van der Waals surface area (Å²) >= 11 is 6.37. The van der Waals surface area contributed by atoms with Gasteiger partial charge >= 0.3 is 0 Å². The first-order valence-corrected chi connectivity index (χ1v) is 11.3. The Balaban J connectivity index is 1.60. The first-order chi connectivity index (χ1) is 17.0. The molecular weight excluding hydrogens is 462 g/mol. The number of aromatic nitrogens is 1. The van der Waals surface area contributed by atoms with Crippen molar-refractivity contribution in [1.29, 1.82) is 5.26 Å². The van der Waals surface area contributed by atoms with Gasteiger partial charge < -0.3 is 19.4 Å². The number of amides is 1. The number of rotatable bonds is 8. The maximum absolute atomic E-state index is 12.9. The van der Waals surface area contributed by atoms with Crippen molar-refractivity contribution in [2.75, 3.05) is 14.2 Å². The third-order valence-electron chi connectivity index (χ3n) is 5.72. The molecule has 1 heterocycles. The molecule has 0 saturated heterocycles. The number of fused-ring (bicyclic) bond motifs is 1. The molecule has 0 atom stereocenters. The van der Waals surface area contributed by atoms with Gasteiger partial charge in [-0.2, -0.15) is 5.26 Å². The van der Waals surface area contributed by atoms with Crippen LogP contribution in [0.15, 0.2) is 78.5 Å². The summed E-state index contributed by atoms with van der Waals surface area (Å²) < 4.78 is 12.7. The van der Waals surface area contributed by atoms with Crippen LogP contribution in [-0.2, 0) is 17.9 Å². The molecule has 0 saturated carbocycles. The van der Waals surface area contributed by atoms with E-state index in [-0.39, 0.29) is 12.1 Å². The molecule has 1 amide bonds. The molecule has 7 heteroatoms. The lowest BCUT2D eigenvalue weighted by Gasteiger charge is -2.11. The molecule has 3 aromatic carbocycles. The van der Waals surface area contributed by atoms with Gasteiger partial charge in [0.15, 0.2) is 0 Å². The molecule has 4 aromatic rings. The van der Waals surface area contributed by atoms with E-state index in [1.807, 2.05) is 66.9 Å². The minimum atomic E-state index is -0.465. The van der Waals surface area contributed by atoms with Crippen LogP contribution in [0.25, 0.3) is 17.0 Å². The van der Waals surface area contributed by atoms with Crippen LogP contribution in [0.3, 0.4) is 0 Å². The molecule has 0 radical (unpaired) electrons. The van der Waals surface area contributed by atoms with E-state index in [0.29, 0.717) is 23.1 Å². The van der Waals surface area contributed by atoms with Crippen LogP contribution in [0.5, 0.6) is 11.5 Å². The highest BCUT2D eigenvalue weighted by atomic mass is 35.5. The largest absolute Gasteiger partial charge is 0.497 e. The zero-order chi connectivity index (χ0) is 24.8. The molecule has 4 rings (SSSR count). The summed E-state index contributed by atoms with van der Waals surface area (Å²) in [6.07, 6.45) is 3.55. The molecule has 176 valence electrons. The van der Waals surface area contributed by atoms with E-state index in [2.05, 4.69) is 9.88 Å². The van der Waals surface area contributed by atoms with Gasteiger partial charge in [0, 0.05) is 52.4 Å². The molecule has 6 nitrogen and oxygen atoms in total. The smallest absolute Gasteiger partial charge is 0.262 e. The zero-order valence-electron chi connectivity index (χ0n) is 19.4. The Morgan fingerprint density at radius 1 is 1.06 bits per heavy atom. The Bertz CT molecular complexity index is 1450. The average Bonchev–Trinajstić information content (AvgIpc) is 3.24. The summed E-state index contributed by atoms with van der Waals surface area (Å²) in [7, 11) is 3.13. The lowest BCUT2D eigenvalue weighted by atomic mass is 10.1. The Morgan fingerprint density at radius 3 is 2.57 bits per heavy atom. The number of nitriles is 1. The van der Waals surface area contributed by atoms with Gasteiger partial charge in [-0.1, -0.05) is 48.0 Å². The first-order valence-electron chi connectivity index (χ1n) is 11.0. The van der Waals surface area contributed by atoms with Crippen molar-refractivity contribution in [2.24, 2.45) is 0 Å². The first kappa shape index (κ1) is 23.9. The summed E-state index contributed by atoms with van der Waals surface area (Å²) in [5.41, 5.74) is 3.53. The van der Waals surface area contributed by atoms with E-state index < -0.39 is 5.91 Å². The number of ether oxygens (including phenoxy) is 2. The van der Waals surface area contributed by atoms with Crippen molar-refractivity contribution in [3.05, 3.63) is 100 Å². The quantitative estimate of drug-likeness (QED) is 0.261. The number of carbonyl (C=O) groups is 1. The number of carbonyl (C=O) groups excluding carboxylic acids is 1. The van der Waals surface area contributed by atoms with Crippen molar-refractivity contribution < 1.29 is 14.3 Å². The Labute approximate surface area is 209 Å². The molecule has 1 N–H and O–H groups in total. The second kappa shape index (κ2) is 10.8. The number of nitrogens with zero attached hydrogens (tertiary/aromatic N) is 2. The van der Waals surface area contributed by atoms with E-state index in [4.69, 9.17) is 21.1 Å². The standard InChI is InChI=1S/C28H24ClN3O3/c1-34-23-12-11-19(27(14-23)35-2)16-31-28(33)21(15-30)13-22-18-32(26-10-6-4-8-24(22)26)17-20-7-3-5-9-25(20)29/h3-14,18H,16-17H2,1-2H3,(H,31,33)/b21-13+. The van der Waals surface area contributed by atoms with Crippen LogP contribution in [0, 0.1) is 11.3 Å². The van der Waals surface area contributed by atoms with Gasteiger partial charge in [0.2, 0.25) is 0 Å². The van der Waals surface area contributed by atoms with Gasteiger partial charge in [0.05, 0.1) is 14.2 Å². The number of halogens is 1. The van der Waals surface area contributed by atoms with Gasteiger partial charge in [-0.25, -0.2) is 0 Å². The second-order valence-electron chi connectivity index (χ2n) is 7.85. The normalized spacial score (nSPS) is 11.2. The summed E-state index contributed by atoms with van der Waals surface area (Å²) in [6, 6.07) is 22.9. The maximum atomic E-state index is 12.9. The number of hydrogen-bond donors (Lipinski definition) is 1. The molecule has 0 aliphatic rings. The predicted molar refractivity (Wildman–Crippen MR) is 137 cm³/mol. The molecule has 0 aliphatic heterocycles. The molecule has 0 bridgehead atoms. The summed E-state index contributed by atoms with van der Waals surface area (Å²) in [5.74, 6) is 0.783. The van der Waals surface area contributed by atoms with Gasteiger partial charge in [0.1, 0.15) is 23.1 Å². The SMILES string of the molecule is COc1ccc(CNC(=O)/C(C#N)=C/c2cn(Cc3ccccc3Cl)c3ccccc23)c(OC)c1. The van der Waals surface area contributed by atoms with E-state index in [0.717, 1.165) is 27.6 Å². The minimum absolute atomic E-state index is 0.0122. The number of methoxy groups -OCH3 is 2. The van der Waals surface area contributed by atoms with Crippen molar-refractivity contribution in [2.45, 2.75) is 13.1 Å². The Morgan fingerprint density at radius 2 is 1.83 bits per heavy atom. The lowest BCUT2D eigenvalue weighted by Crippen LogP contribution is -2.24. The highest BCUT2D eigenvalue weighted by Crippen LogP contribution is 2.27. The van der Waals surface area contributed by atoms with Crippen LogP contribution in [0.2, 0.25) is 5.02 Å². The second-order valence-corrected chi connectivity index (χ2v) is 8.26. The highest BCUT2D eigenvalue weighted by Gasteiger charge is 2.14. The zero-order valence-corrected chi connectivity index (χ0v) is 20.2. The molecule has 0 aliphatic carbocycles. The number of nitrogens with one attached hydrogen (secondary N) is 1. The molecule has 0 unspecified atom stereocenters. The van der Waals surface area contributed by atoms with E-state index in [1.54, 1.807) is 32.4 Å². The maximum Gasteiger partial charge on any atom is 0.262 e. The van der Waals surface area contributed by atoms with E-state index in [9.17, 15) is 10.1 Å². The highest BCUT2D eigenvalue weighted by molar-refractivity contribution is 6.31. The van der Waals surface area contributed by atoms with Crippen LogP contribution < -0.4 is 14.8 Å². The van der Waals surface area contributed by atoms with Crippen LogP contribution in [-0.4, -0.2) is 24.7 Å². The fraction of sp³-hybridized carbons (Fsp3) is 0.143. The molecule has 1 aromatic heterocycles. The minimum Gasteiger partial charge on any atom is -0.497 e. The Hall–Kier alpha value is -4.21. The summed E-state index contributed by atoms with van der Waals surface area (Å²) in [6.45, 7) is 0.776.